The van der Waals surface area contributed by atoms with Crippen LogP contribution in [0.25, 0.3) is 0 Å². The molecule has 2 aliphatic heterocycles. The Hall–Kier alpha value is -0.900. The molecule has 0 amide bonds. The van der Waals surface area contributed by atoms with Crippen LogP contribution in [-0.4, -0.2) is 36.2 Å². The largest absolute Gasteiger partial charge is 0.378 e. The van der Waals surface area contributed by atoms with Crippen molar-refractivity contribution in [1.29, 1.82) is 0 Å². The van der Waals surface area contributed by atoms with E-state index in [0.717, 1.165) is 39.1 Å². The fourth-order valence-electron chi connectivity index (χ4n) is 3.85. The van der Waals surface area contributed by atoms with Crippen LogP contribution in [-0.2, 0) is 17.7 Å². The first kappa shape index (κ1) is 14.1. The minimum absolute atomic E-state index is 0.134. The summed E-state index contributed by atoms with van der Waals surface area (Å²) in [4.78, 5) is 2.64. The number of rotatable bonds is 2. The lowest BCUT2D eigenvalue weighted by atomic mass is 9.84. The van der Waals surface area contributed by atoms with Crippen molar-refractivity contribution in [3.63, 3.8) is 0 Å². The summed E-state index contributed by atoms with van der Waals surface area (Å²) in [5, 5.41) is 0. The van der Waals surface area contributed by atoms with Gasteiger partial charge in [-0.25, -0.2) is 0 Å². The predicted molar refractivity (Wildman–Crippen MR) is 81.6 cm³/mol. The molecule has 0 radical (unpaired) electrons. The van der Waals surface area contributed by atoms with Crippen LogP contribution < -0.4 is 5.73 Å². The third kappa shape index (κ3) is 2.62. The molecule has 3 nitrogen and oxygen atoms in total. The summed E-state index contributed by atoms with van der Waals surface area (Å²) in [6.07, 6.45) is 4.88. The molecule has 3 rings (SSSR count). The van der Waals surface area contributed by atoms with Gasteiger partial charge in [-0.15, -0.1) is 0 Å². The molecule has 3 heteroatoms. The zero-order chi connectivity index (χ0) is 14.0. The summed E-state index contributed by atoms with van der Waals surface area (Å²) in [5.74, 6) is 0. The van der Waals surface area contributed by atoms with E-state index in [2.05, 4.69) is 36.1 Å². The molecule has 2 N–H and O–H groups in total. The average molecular weight is 274 g/mol. The maximum atomic E-state index is 6.21. The summed E-state index contributed by atoms with van der Waals surface area (Å²) in [6.45, 7) is 5.95. The Balaban J connectivity index is 1.85. The fourth-order valence-corrected chi connectivity index (χ4v) is 3.85. The molecule has 2 heterocycles. The first-order valence-corrected chi connectivity index (χ1v) is 7.87. The van der Waals surface area contributed by atoms with Gasteiger partial charge in [0.15, 0.2) is 0 Å². The highest BCUT2D eigenvalue weighted by molar-refractivity contribution is 5.28. The summed E-state index contributed by atoms with van der Waals surface area (Å²) in [7, 11) is 0. The van der Waals surface area contributed by atoms with Gasteiger partial charge < -0.3 is 10.5 Å². The quantitative estimate of drug-likeness (QED) is 0.899. The summed E-state index contributed by atoms with van der Waals surface area (Å²) in [5.41, 5.74) is 9.34. The van der Waals surface area contributed by atoms with Crippen molar-refractivity contribution in [1.82, 2.24) is 4.90 Å². The van der Waals surface area contributed by atoms with E-state index in [4.69, 9.17) is 10.5 Å². The van der Waals surface area contributed by atoms with Crippen LogP contribution in [0, 0.1) is 0 Å². The molecule has 0 aliphatic carbocycles. The van der Waals surface area contributed by atoms with Crippen molar-refractivity contribution in [2.45, 2.75) is 50.8 Å². The maximum absolute atomic E-state index is 6.21. The first-order valence-electron chi connectivity index (χ1n) is 7.87. The average Bonchev–Trinajstić information content (AvgIpc) is 2.69. The molecule has 2 unspecified atom stereocenters. The van der Waals surface area contributed by atoms with Crippen molar-refractivity contribution < 1.29 is 4.74 Å². The molecule has 0 bridgehead atoms. The van der Waals surface area contributed by atoms with Gasteiger partial charge in [-0.2, -0.15) is 0 Å². The number of aryl methyl sites for hydroxylation is 1. The van der Waals surface area contributed by atoms with Gasteiger partial charge in [0, 0.05) is 25.2 Å². The van der Waals surface area contributed by atoms with Crippen molar-refractivity contribution in [3.8, 4) is 0 Å². The van der Waals surface area contributed by atoms with Crippen molar-refractivity contribution in [2.75, 3.05) is 19.7 Å². The highest BCUT2D eigenvalue weighted by atomic mass is 16.5. The maximum Gasteiger partial charge on any atom is 0.0565 e. The Morgan fingerprint density at radius 3 is 2.90 bits per heavy atom. The lowest BCUT2D eigenvalue weighted by molar-refractivity contribution is -0.0663. The van der Waals surface area contributed by atoms with E-state index in [-0.39, 0.29) is 5.54 Å². The second kappa shape index (κ2) is 5.84. The van der Waals surface area contributed by atoms with E-state index in [1.54, 1.807) is 0 Å². The number of benzene rings is 1. The minimum atomic E-state index is 0.134. The van der Waals surface area contributed by atoms with Gasteiger partial charge in [0.05, 0.1) is 6.10 Å². The monoisotopic (exact) mass is 274 g/mol. The number of hydrogen-bond acceptors (Lipinski definition) is 3. The molecule has 110 valence electrons. The molecule has 20 heavy (non-hydrogen) atoms. The zero-order valence-corrected chi connectivity index (χ0v) is 12.5. The van der Waals surface area contributed by atoms with Crippen LogP contribution in [0.1, 0.15) is 37.3 Å². The van der Waals surface area contributed by atoms with E-state index >= 15 is 0 Å². The highest BCUT2D eigenvalue weighted by Crippen LogP contribution is 2.33. The molecular formula is C17H26N2O. The Bertz CT molecular complexity index is 462. The first-order chi connectivity index (χ1) is 9.73. The number of hydrogen-bond donors (Lipinski definition) is 1. The molecule has 2 atom stereocenters. The zero-order valence-electron chi connectivity index (χ0n) is 12.5. The SMILES string of the molecule is CC1CC(CN)(N2CCCc3ccccc3C2)CCO1. The summed E-state index contributed by atoms with van der Waals surface area (Å²) < 4.78 is 5.74. The molecule has 1 saturated heterocycles. The van der Waals surface area contributed by atoms with E-state index in [1.165, 1.54) is 24.0 Å². The lowest BCUT2D eigenvalue weighted by Crippen LogP contribution is -2.57. The Morgan fingerprint density at radius 2 is 2.15 bits per heavy atom. The van der Waals surface area contributed by atoms with Crippen molar-refractivity contribution in [3.05, 3.63) is 35.4 Å². The second-order valence-corrected chi connectivity index (χ2v) is 6.36. The van der Waals surface area contributed by atoms with Crippen LogP contribution in [0.5, 0.6) is 0 Å². The molecule has 0 aromatic heterocycles. The van der Waals surface area contributed by atoms with Gasteiger partial charge in [0.1, 0.15) is 0 Å². The lowest BCUT2D eigenvalue weighted by Gasteiger charge is -2.47. The van der Waals surface area contributed by atoms with Crippen LogP contribution in [0.2, 0.25) is 0 Å². The highest BCUT2D eigenvalue weighted by Gasteiger charge is 2.40. The molecule has 0 spiro atoms. The Kier molecular flexibility index (Phi) is 4.11. The molecule has 1 aromatic carbocycles. The molecular weight excluding hydrogens is 248 g/mol. The third-order valence-electron chi connectivity index (χ3n) is 5.04. The standard InChI is InChI=1S/C17H26N2O/c1-14-11-17(13-18,8-10-20-14)19-9-4-7-15-5-2-3-6-16(15)12-19/h2-3,5-6,14H,4,7-13,18H2,1H3. The van der Waals surface area contributed by atoms with Crippen molar-refractivity contribution in [2.24, 2.45) is 5.73 Å². The van der Waals surface area contributed by atoms with Gasteiger partial charge in [-0.1, -0.05) is 24.3 Å². The Labute approximate surface area is 122 Å². The summed E-state index contributed by atoms with van der Waals surface area (Å²) in [6, 6.07) is 8.87. The smallest absolute Gasteiger partial charge is 0.0565 e. The Morgan fingerprint density at radius 1 is 1.35 bits per heavy atom. The van der Waals surface area contributed by atoms with Gasteiger partial charge in [0.25, 0.3) is 0 Å². The van der Waals surface area contributed by atoms with Gasteiger partial charge >= 0.3 is 0 Å². The molecule has 0 saturated carbocycles. The molecule has 1 aromatic rings. The predicted octanol–water partition coefficient (Wildman–Crippen LogP) is 2.33. The summed E-state index contributed by atoms with van der Waals surface area (Å²) >= 11 is 0. The third-order valence-corrected chi connectivity index (χ3v) is 5.04. The van der Waals surface area contributed by atoms with Gasteiger partial charge in [0.2, 0.25) is 0 Å². The molecule has 1 fully saturated rings. The van der Waals surface area contributed by atoms with Crippen molar-refractivity contribution >= 4 is 0 Å². The number of nitrogens with two attached hydrogens (primary N) is 1. The number of nitrogens with zero attached hydrogens (tertiary/aromatic N) is 1. The van der Waals surface area contributed by atoms with Crippen LogP contribution in [0.3, 0.4) is 0 Å². The fraction of sp³-hybridized carbons (Fsp3) is 0.647. The topological polar surface area (TPSA) is 38.5 Å². The van der Waals surface area contributed by atoms with Gasteiger partial charge in [-0.3, -0.25) is 4.90 Å². The normalized spacial score (nSPS) is 31.6. The van der Waals surface area contributed by atoms with Gasteiger partial charge in [-0.05, 0) is 50.3 Å². The van der Waals surface area contributed by atoms with E-state index in [9.17, 15) is 0 Å². The van der Waals surface area contributed by atoms with E-state index < -0.39 is 0 Å². The number of ether oxygens (including phenoxy) is 1. The van der Waals surface area contributed by atoms with Crippen LogP contribution >= 0.6 is 0 Å². The minimum Gasteiger partial charge on any atom is -0.378 e. The second-order valence-electron chi connectivity index (χ2n) is 6.36. The van der Waals surface area contributed by atoms with Crippen LogP contribution in [0.15, 0.2) is 24.3 Å². The number of fused-ring (bicyclic) bond motifs is 1. The van der Waals surface area contributed by atoms with E-state index in [1.807, 2.05) is 0 Å². The molecule has 2 aliphatic rings. The van der Waals surface area contributed by atoms with E-state index in [0.29, 0.717) is 6.10 Å². The van der Waals surface area contributed by atoms with Crippen LogP contribution in [0.4, 0.5) is 0 Å².